The molecule has 0 unspecified atom stereocenters. The van der Waals surface area contributed by atoms with Crippen molar-refractivity contribution in [3.8, 4) is 5.69 Å². The van der Waals surface area contributed by atoms with E-state index in [1.165, 1.54) is 6.20 Å². The summed E-state index contributed by atoms with van der Waals surface area (Å²) < 4.78 is 60.9. The lowest BCUT2D eigenvalue weighted by Crippen LogP contribution is -2.07. The number of aromatic nitrogens is 2. The quantitative estimate of drug-likeness (QED) is 0.736. The average Bonchev–Trinajstić information content (AvgIpc) is 2.67. The van der Waals surface area contributed by atoms with Gasteiger partial charge in [0.05, 0.1) is 21.4 Å². The molecule has 0 N–H and O–H groups in total. The molecule has 0 atom stereocenters. The van der Waals surface area contributed by atoms with Crippen LogP contribution in [0.2, 0.25) is 10.0 Å². The molecule has 0 aliphatic heterocycles. The lowest BCUT2D eigenvalue weighted by Gasteiger charge is -2.12. The summed E-state index contributed by atoms with van der Waals surface area (Å²) in [5.41, 5.74) is -0.618. The highest BCUT2D eigenvalue weighted by atomic mass is 79.9. The minimum Gasteiger partial charge on any atom is -0.236 e. The van der Waals surface area contributed by atoms with Crippen LogP contribution < -0.4 is 0 Å². The predicted molar refractivity (Wildman–Crippen MR) is 80.3 cm³/mol. The Morgan fingerprint density at radius 3 is 2.23 bits per heavy atom. The number of benzene rings is 1. The molecule has 0 amide bonds. The second-order valence-corrected chi connectivity index (χ2v) is 6.71. The van der Waals surface area contributed by atoms with Crippen molar-refractivity contribution in [2.45, 2.75) is 11.9 Å². The Kier molecular flexibility index (Phi) is 5.10. The Morgan fingerprint density at radius 1 is 1.23 bits per heavy atom. The van der Waals surface area contributed by atoms with Crippen LogP contribution in [0.4, 0.5) is 13.2 Å². The van der Waals surface area contributed by atoms with E-state index in [9.17, 15) is 21.6 Å². The van der Waals surface area contributed by atoms with Gasteiger partial charge in [-0.3, -0.25) is 0 Å². The zero-order valence-corrected chi connectivity index (χ0v) is 14.4. The fourth-order valence-electron chi connectivity index (χ4n) is 1.70. The molecule has 0 bridgehead atoms. The van der Waals surface area contributed by atoms with Crippen LogP contribution in [0.5, 0.6) is 0 Å². The van der Waals surface area contributed by atoms with E-state index in [1.807, 2.05) is 0 Å². The molecule has 11 heteroatoms. The van der Waals surface area contributed by atoms with Gasteiger partial charge in [0.1, 0.15) is 21.0 Å². The third-order valence-corrected chi connectivity index (χ3v) is 4.45. The highest BCUT2D eigenvalue weighted by Gasteiger charge is 2.32. The van der Waals surface area contributed by atoms with E-state index < -0.39 is 22.4 Å². The van der Waals surface area contributed by atoms with Gasteiger partial charge in [0.15, 0.2) is 0 Å². The zero-order chi connectivity index (χ0) is 16.7. The molecule has 0 spiro atoms. The molecule has 1 heterocycles. The van der Waals surface area contributed by atoms with Gasteiger partial charge >= 0.3 is 6.18 Å². The van der Waals surface area contributed by atoms with E-state index in [0.717, 1.165) is 16.8 Å². The topological polar surface area (TPSA) is 52.0 Å². The van der Waals surface area contributed by atoms with Crippen LogP contribution in [0.3, 0.4) is 0 Å². The van der Waals surface area contributed by atoms with Crippen molar-refractivity contribution in [3.05, 3.63) is 44.1 Å². The summed E-state index contributed by atoms with van der Waals surface area (Å²) in [6.07, 6.45) is -3.25. The lowest BCUT2D eigenvalue weighted by molar-refractivity contribution is -0.137. The van der Waals surface area contributed by atoms with E-state index in [4.69, 9.17) is 23.2 Å². The van der Waals surface area contributed by atoms with Gasteiger partial charge in [-0.25, -0.2) is 13.1 Å². The van der Waals surface area contributed by atoms with Crippen LogP contribution in [0.15, 0.2) is 22.9 Å². The van der Waals surface area contributed by atoms with Crippen LogP contribution >= 0.6 is 39.1 Å². The van der Waals surface area contributed by atoms with Crippen molar-refractivity contribution < 1.29 is 21.6 Å². The highest BCUT2D eigenvalue weighted by molar-refractivity contribution is 9.10. The van der Waals surface area contributed by atoms with Gasteiger partial charge in [0.2, 0.25) is 0 Å². The molecular formula is C11H6BrCl2F3N2O2S. The maximum atomic E-state index is 12.7. The van der Waals surface area contributed by atoms with Crippen LogP contribution in [-0.4, -0.2) is 18.2 Å². The monoisotopic (exact) mass is 436 g/mol. The molecule has 1 aromatic heterocycles. The number of halogens is 6. The first-order valence-electron chi connectivity index (χ1n) is 5.52. The summed E-state index contributed by atoms with van der Waals surface area (Å²) in [5.74, 6) is -0.272. The Morgan fingerprint density at radius 2 is 1.77 bits per heavy atom. The maximum Gasteiger partial charge on any atom is 0.416 e. The van der Waals surface area contributed by atoms with Gasteiger partial charge in [0, 0.05) is 11.8 Å². The fraction of sp³-hybridized carbons (Fsp3) is 0.182. The second-order valence-electron chi connectivity index (χ2n) is 4.17. The molecule has 0 aliphatic carbocycles. The van der Waals surface area contributed by atoms with Crippen LogP contribution in [0.25, 0.3) is 5.69 Å². The molecule has 0 fully saturated rings. The molecule has 1 aromatic carbocycles. The molecular weight excluding hydrogens is 432 g/mol. The largest absolute Gasteiger partial charge is 0.416 e. The van der Waals surface area contributed by atoms with E-state index in [2.05, 4.69) is 21.0 Å². The van der Waals surface area contributed by atoms with Crippen molar-refractivity contribution in [2.24, 2.45) is 0 Å². The van der Waals surface area contributed by atoms with Crippen molar-refractivity contribution in [1.82, 2.24) is 9.78 Å². The molecule has 22 heavy (non-hydrogen) atoms. The van der Waals surface area contributed by atoms with Crippen LogP contribution in [-0.2, 0) is 22.6 Å². The number of hydrogen-bond donors (Lipinski definition) is 1. The summed E-state index contributed by atoms with van der Waals surface area (Å²) in [6, 6.07) is 1.46. The lowest BCUT2D eigenvalue weighted by atomic mass is 10.2. The Labute approximate surface area is 142 Å². The minimum atomic E-state index is -4.58. The number of nitrogens with zero attached hydrogens (tertiary/aromatic N) is 2. The van der Waals surface area contributed by atoms with Gasteiger partial charge in [-0.2, -0.15) is 18.3 Å². The van der Waals surface area contributed by atoms with Gasteiger partial charge in [-0.05, 0) is 28.1 Å². The summed E-state index contributed by atoms with van der Waals surface area (Å²) in [7, 11) is -2.68. The first-order chi connectivity index (χ1) is 10.1. The van der Waals surface area contributed by atoms with Gasteiger partial charge in [-0.15, -0.1) is 0 Å². The Bertz CT molecular complexity index is 774. The standard InChI is InChI=1S/C11H6BrCl2F3N2O2S/c12-10-5(4-22(20)21)3-19(18-10)9-7(13)1-6(2-8(9)14)11(15,16)17/h1-3,22H,4H2. The van der Waals surface area contributed by atoms with Crippen LogP contribution in [0, 0.1) is 0 Å². The van der Waals surface area contributed by atoms with Crippen molar-refractivity contribution in [1.29, 1.82) is 0 Å². The molecule has 2 aromatic rings. The SMILES string of the molecule is O=[SH](=O)Cc1cn(-c2c(Cl)cc(C(F)(F)F)cc2Cl)nc1Br. The van der Waals surface area contributed by atoms with Crippen molar-refractivity contribution in [2.75, 3.05) is 0 Å². The smallest absolute Gasteiger partial charge is 0.236 e. The number of alkyl halides is 3. The van der Waals surface area contributed by atoms with E-state index in [0.29, 0.717) is 5.56 Å². The summed E-state index contributed by atoms with van der Waals surface area (Å²) in [5, 5.41) is 3.45. The van der Waals surface area contributed by atoms with Gasteiger partial charge < -0.3 is 0 Å². The van der Waals surface area contributed by atoms with Gasteiger partial charge in [0.25, 0.3) is 0 Å². The summed E-state index contributed by atoms with van der Waals surface area (Å²) >= 11 is 14.8. The third-order valence-electron chi connectivity index (χ3n) is 2.61. The number of thiol groups is 1. The zero-order valence-electron chi connectivity index (χ0n) is 10.4. The van der Waals surface area contributed by atoms with E-state index >= 15 is 0 Å². The number of rotatable bonds is 3. The molecule has 120 valence electrons. The first-order valence-corrected chi connectivity index (χ1v) is 8.43. The number of hydrogen-bond acceptors (Lipinski definition) is 3. The Hall–Kier alpha value is -0.770. The summed E-state index contributed by atoms with van der Waals surface area (Å²) in [4.78, 5) is 0. The second kappa shape index (κ2) is 6.38. The third kappa shape index (κ3) is 3.76. The van der Waals surface area contributed by atoms with Crippen molar-refractivity contribution >= 4 is 49.8 Å². The Balaban J connectivity index is 2.54. The summed E-state index contributed by atoms with van der Waals surface area (Å²) in [6.45, 7) is 0. The van der Waals surface area contributed by atoms with Crippen molar-refractivity contribution in [3.63, 3.8) is 0 Å². The molecule has 4 nitrogen and oxygen atoms in total. The average molecular weight is 438 g/mol. The maximum absolute atomic E-state index is 12.7. The normalized spacial score (nSPS) is 12.1. The van der Waals surface area contributed by atoms with E-state index in [1.54, 1.807) is 0 Å². The minimum absolute atomic E-state index is 0.0319. The molecule has 0 radical (unpaired) electrons. The molecule has 0 saturated heterocycles. The van der Waals surface area contributed by atoms with E-state index in [-0.39, 0.29) is 26.1 Å². The van der Waals surface area contributed by atoms with Gasteiger partial charge in [-0.1, -0.05) is 23.2 Å². The van der Waals surface area contributed by atoms with Crippen LogP contribution in [0.1, 0.15) is 11.1 Å². The highest BCUT2D eigenvalue weighted by Crippen LogP contribution is 2.37. The molecule has 0 aliphatic rings. The predicted octanol–water partition coefficient (Wildman–Crippen LogP) is 4.07. The molecule has 2 rings (SSSR count). The first kappa shape index (κ1) is 17.6. The molecule has 0 saturated carbocycles. The fourth-order valence-corrected chi connectivity index (χ4v) is 3.50.